The number of rotatable bonds is 6. The number of nitrogens with zero attached hydrogens (tertiary/aromatic N) is 4. The van der Waals surface area contributed by atoms with Gasteiger partial charge in [0.2, 0.25) is 0 Å². The van der Waals surface area contributed by atoms with Crippen molar-refractivity contribution >= 4 is 29.1 Å². The number of carbonyl (C=O) groups is 3. The molecule has 0 bridgehead atoms. The maximum absolute atomic E-state index is 13.5. The van der Waals surface area contributed by atoms with Gasteiger partial charge in [-0.05, 0) is 18.9 Å². The average molecular weight is 450 g/mol. The van der Waals surface area contributed by atoms with Crippen LogP contribution >= 0.6 is 0 Å². The van der Waals surface area contributed by atoms with Crippen molar-refractivity contribution in [2.45, 2.75) is 19.4 Å². The lowest BCUT2D eigenvalue weighted by molar-refractivity contribution is -0.385. The highest BCUT2D eigenvalue weighted by Gasteiger charge is 2.51. The number of hydrazine groups is 1. The number of para-hydroxylation sites is 1. The van der Waals surface area contributed by atoms with E-state index in [9.17, 15) is 34.6 Å². The summed E-state index contributed by atoms with van der Waals surface area (Å²) in [4.78, 5) is 61.1. The summed E-state index contributed by atoms with van der Waals surface area (Å²) in [5.41, 5.74) is -0.651. The van der Waals surface area contributed by atoms with Gasteiger partial charge in [0, 0.05) is 23.8 Å². The molecular formula is C22H18N4O7. The lowest BCUT2D eigenvalue weighted by atomic mass is 9.85. The van der Waals surface area contributed by atoms with Crippen LogP contribution in [0.2, 0.25) is 0 Å². The topological polar surface area (TPSA) is 144 Å². The molecule has 33 heavy (non-hydrogen) atoms. The Balaban J connectivity index is 1.78. The summed E-state index contributed by atoms with van der Waals surface area (Å²) in [7, 11) is 0. The second-order valence-electron chi connectivity index (χ2n) is 7.70. The third-order valence-corrected chi connectivity index (χ3v) is 5.77. The zero-order chi connectivity index (χ0) is 23.7. The number of nitro benzene ring substituents is 2. The van der Waals surface area contributed by atoms with Gasteiger partial charge in [0.05, 0.1) is 33.8 Å². The van der Waals surface area contributed by atoms with E-state index < -0.39 is 45.9 Å². The molecule has 0 aromatic heterocycles. The lowest BCUT2D eigenvalue weighted by Crippen LogP contribution is -2.49. The highest BCUT2D eigenvalue weighted by molar-refractivity contribution is 6.08. The number of imide groups is 1. The van der Waals surface area contributed by atoms with Crippen molar-refractivity contribution in [1.82, 2.24) is 10.0 Å². The smallest absolute Gasteiger partial charge is 0.272 e. The van der Waals surface area contributed by atoms with Gasteiger partial charge >= 0.3 is 0 Å². The number of hydrogen-bond acceptors (Lipinski definition) is 7. The van der Waals surface area contributed by atoms with Crippen LogP contribution < -0.4 is 0 Å². The highest BCUT2D eigenvalue weighted by atomic mass is 16.6. The molecule has 3 amide bonds. The summed E-state index contributed by atoms with van der Waals surface area (Å²) in [6, 6.07) is 10.5. The second kappa shape index (κ2) is 8.61. The molecule has 0 unspecified atom stereocenters. The molecule has 11 nitrogen and oxygen atoms in total. The van der Waals surface area contributed by atoms with Crippen LogP contribution in [0.4, 0.5) is 11.4 Å². The van der Waals surface area contributed by atoms with Crippen LogP contribution in [0.15, 0.2) is 60.7 Å². The minimum absolute atomic E-state index is 0.106. The van der Waals surface area contributed by atoms with Crippen molar-refractivity contribution in [1.29, 1.82) is 0 Å². The van der Waals surface area contributed by atoms with E-state index in [1.165, 1.54) is 42.5 Å². The molecule has 0 spiro atoms. The first kappa shape index (κ1) is 21.8. The maximum Gasteiger partial charge on any atom is 0.274 e. The van der Waals surface area contributed by atoms with Crippen LogP contribution in [-0.2, 0) is 16.1 Å². The van der Waals surface area contributed by atoms with Gasteiger partial charge in [-0.25, -0.2) is 5.01 Å². The molecule has 0 radical (unpaired) electrons. The molecule has 4 rings (SSSR count). The molecule has 1 fully saturated rings. The number of non-ortho nitro benzene ring substituents is 1. The van der Waals surface area contributed by atoms with Gasteiger partial charge in [-0.1, -0.05) is 36.4 Å². The van der Waals surface area contributed by atoms with E-state index in [4.69, 9.17) is 0 Å². The lowest BCUT2D eigenvalue weighted by Gasteiger charge is -2.30. The van der Waals surface area contributed by atoms with Crippen LogP contribution in [-0.4, -0.2) is 37.6 Å². The second-order valence-corrected chi connectivity index (χ2v) is 7.70. The van der Waals surface area contributed by atoms with E-state index in [-0.39, 0.29) is 22.5 Å². The molecule has 2 aromatic carbocycles. The largest absolute Gasteiger partial charge is 0.274 e. The number of benzene rings is 2. The molecule has 11 heteroatoms. The fourth-order valence-electron chi connectivity index (χ4n) is 4.14. The van der Waals surface area contributed by atoms with Crippen LogP contribution in [0.25, 0.3) is 0 Å². The molecule has 1 aliphatic carbocycles. The predicted molar refractivity (Wildman–Crippen MR) is 113 cm³/mol. The Bertz CT molecular complexity index is 1180. The average Bonchev–Trinajstić information content (AvgIpc) is 3.07. The van der Waals surface area contributed by atoms with Gasteiger partial charge in [0.25, 0.3) is 29.1 Å². The number of nitro groups is 2. The fourth-order valence-corrected chi connectivity index (χ4v) is 4.14. The molecule has 2 aliphatic rings. The molecule has 168 valence electrons. The monoisotopic (exact) mass is 450 g/mol. The van der Waals surface area contributed by atoms with Gasteiger partial charge in [-0.15, -0.1) is 0 Å². The Morgan fingerprint density at radius 3 is 2.18 bits per heavy atom. The number of fused-ring (bicyclic) bond motifs is 1. The summed E-state index contributed by atoms with van der Waals surface area (Å²) >= 11 is 0. The van der Waals surface area contributed by atoms with Crippen molar-refractivity contribution in [2.75, 3.05) is 0 Å². The van der Waals surface area contributed by atoms with E-state index in [1.54, 1.807) is 12.2 Å². The van der Waals surface area contributed by atoms with Crippen LogP contribution in [0.5, 0.6) is 0 Å². The maximum atomic E-state index is 13.5. The van der Waals surface area contributed by atoms with Crippen LogP contribution in [0, 0.1) is 32.1 Å². The van der Waals surface area contributed by atoms with Gasteiger partial charge < -0.3 is 0 Å². The van der Waals surface area contributed by atoms with Crippen molar-refractivity contribution in [3.63, 3.8) is 0 Å². The Hall–Kier alpha value is -4.41. The molecule has 0 N–H and O–H groups in total. The van der Waals surface area contributed by atoms with E-state index in [1.807, 2.05) is 0 Å². The van der Waals surface area contributed by atoms with Crippen LogP contribution in [0.3, 0.4) is 0 Å². The minimum Gasteiger partial charge on any atom is -0.272 e. The van der Waals surface area contributed by atoms with E-state index in [0.717, 1.165) is 16.1 Å². The van der Waals surface area contributed by atoms with E-state index in [0.29, 0.717) is 12.8 Å². The normalized spacial score (nSPS) is 19.3. The Morgan fingerprint density at radius 1 is 0.939 bits per heavy atom. The number of carbonyl (C=O) groups excluding carboxylic acids is 3. The third-order valence-electron chi connectivity index (χ3n) is 5.77. The molecule has 2 atom stereocenters. The Kier molecular flexibility index (Phi) is 5.69. The van der Waals surface area contributed by atoms with Crippen LogP contribution in [0.1, 0.15) is 28.8 Å². The third kappa shape index (κ3) is 3.95. The van der Waals surface area contributed by atoms with Crippen molar-refractivity contribution in [2.24, 2.45) is 11.8 Å². The molecular weight excluding hydrogens is 432 g/mol. The van der Waals surface area contributed by atoms with Gasteiger partial charge in [-0.2, -0.15) is 5.01 Å². The van der Waals surface area contributed by atoms with Gasteiger partial charge in [0.1, 0.15) is 0 Å². The van der Waals surface area contributed by atoms with Gasteiger partial charge in [-0.3, -0.25) is 34.6 Å². The summed E-state index contributed by atoms with van der Waals surface area (Å²) < 4.78 is 0. The first-order valence-corrected chi connectivity index (χ1v) is 10.1. The fraction of sp³-hybridized carbons (Fsp3) is 0.227. The molecule has 2 aromatic rings. The Morgan fingerprint density at radius 2 is 1.58 bits per heavy atom. The van der Waals surface area contributed by atoms with Crippen molar-refractivity contribution in [3.05, 3.63) is 92.0 Å². The standard InChI is InChI=1S/C22H18N4O7/c27-20(14-7-5-8-16(12-14)25(30)31)23(13-15-6-1-4-11-19(15)26(32)33)24-21(28)17-9-2-3-10-18(17)22(24)29/h1-8,11-12,17-18H,9-10,13H2/t17-,18-/m1/s1. The number of hydrogen-bond donors (Lipinski definition) is 0. The van der Waals surface area contributed by atoms with Crippen molar-refractivity contribution < 1.29 is 24.2 Å². The zero-order valence-corrected chi connectivity index (χ0v) is 17.2. The molecule has 1 aliphatic heterocycles. The summed E-state index contributed by atoms with van der Waals surface area (Å²) in [6.07, 6.45) is 4.28. The highest BCUT2D eigenvalue weighted by Crippen LogP contribution is 2.37. The summed E-state index contributed by atoms with van der Waals surface area (Å²) in [6.45, 7) is -0.441. The SMILES string of the molecule is O=C(c1cccc([N+](=O)[O-])c1)N(Cc1ccccc1[N+](=O)[O-])N1C(=O)[C@@H]2CC=CC[C@H]2C1=O. The summed E-state index contributed by atoms with van der Waals surface area (Å²) in [5, 5.41) is 24.3. The number of allylic oxidation sites excluding steroid dienone is 2. The first-order chi connectivity index (χ1) is 15.8. The Labute approximate surface area is 187 Å². The number of amides is 3. The summed E-state index contributed by atoms with van der Waals surface area (Å²) in [5.74, 6) is -3.27. The van der Waals surface area contributed by atoms with E-state index in [2.05, 4.69) is 0 Å². The first-order valence-electron chi connectivity index (χ1n) is 10.1. The quantitative estimate of drug-likeness (QED) is 0.285. The molecule has 1 heterocycles. The zero-order valence-electron chi connectivity index (χ0n) is 17.2. The van der Waals surface area contributed by atoms with Crippen molar-refractivity contribution in [3.8, 4) is 0 Å². The molecule has 1 saturated heterocycles. The molecule has 0 saturated carbocycles. The van der Waals surface area contributed by atoms with E-state index >= 15 is 0 Å². The predicted octanol–water partition coefficient (Wildman–Crippen LogP) is 3.01. The van der Waals surface area contributed by atoms with Gasteiger partial charge in [0.15, 0.2) is 0 Å². The minimum atomic E-state index is -0.856.